The van der Waals surface area contributed by atoms with E-state index in [1.807, 2.05) is 63.2 Å². The number of ketones is 1. The number of nitrogens with one attached hydrogen (secondary N) is 1. The second kappa shape index (κ2) is 9.65. The van der Waals surface area contributed by atoms with Gasteiger partial charge in [-0.1, -0.05) is 49.4 Å². The number of hydrogen-bond donors (Lipinski definition) is 1. The van der Waals surface area contributed by atoms with E-state index >= 15 is 0 Å². The van der Waals surface area contributed by atoms with Gasteiger partial charge in [-0.2, -0.15) is 0 Å². The van der Waals surface area contributed by atoms with Crippen molar-refractivity contribution in [3.05, 3.63) is 88.3 Å². The molecule has 0 bridgehead atoms. The molecule has 2 aromatic carbocycles. The van der Waals surface area contributed by atoms with Crippen LogP contribution in [0.1, 0.15) is 63.0 Å². The molecule has 33 heavy (non-hydrogen) atoms. The molecule has 5 nitrogen and oxygen atoms in total. The lowest BCUT2D eigenvalue weighted by atomic mass is 9.71. The summed E-state index contributed by atoms with van der Waals surface area (Å²) < 4.78 is 11.2. The molecule has 172 valence electrons. The number of benzene rings is 2. The first kappa shape index (κ1) is 22.8. The highest BCUT2D eigenvalue weighted by atomic mass is 16.5. The molecule has 3 unspecified atom stereocenters. The van der Waals surface area contributed by atoms with Crippen LogP contribution in [-0.2, 0) is 14.3 Å². The van der Waals surface area contributed by atoms with E-state index in [9.17, 15) is 9.59 Å². The van der Waals surface area contributed by atoms with Gasteiger partial charge in [0.2, 0.25) is 0 Å². The second-order valence-corrected chi connectivity index (χ2v) is 8.83. The lowest BCUT2D eigenvalue weighted by Gasteiger charge is -2.37. The average molecular weight is 446 g/mol. The van der Waals surface area contributed by atoms with Gasteiger partial charge < -0.3 is 14.8 Å². The number of carbonyl (C=O) groups excluding carboxylic acids is 2. The maximum atomic E-state index is 13.6. The summed E-state index contributed by atoms with van der Waals surface area (Å²) in [5, 5.41) is 3.41. The Balaban J connectivity index is 1.80. The molecule has 0 amide bonds. The first-order chi connectivity index (χ1) is 15.9. The van der Waals surface area contributed by atoms with Crippen LogP contribution in [0.15, 0.2) is 77.1 Å². The molecule has 4 rings (SSSR count). The van der Waals surface area contributed by atoms with Crippen LogP contribution in [-0.4, -0.2) is 25.0 Å². The lowest BCUT2D eigenvalue weighted by Crippen LogP contribution is -2.36. The lowest BCUT2D eigenvalue weighted by molar-refractivity contribution is -0.144. The predicted molar refractivity (Wildman–Crippen MR) is 128 cm³/mol. The third-order valence-electron chi connectivity index (χ3n) is 6.63. The highest BCUT2D eigenvalue weighted by Crippen LogP contribution is 2.46. The summed E-state index contributed by atoms with van der Waals surface area (Å²) in [6.45, 7) is 5.75. The summed E-state index contributed by atoms with van der Waals surface area (Å²) in [7, 11) is 1.61. The van der Waals surface area contributed by atoms with Gasteiger partial charge in [-0.05, 0) is 55.9 Å². The summed E-state index contributed by atoms with van der Waals surface area (Å²) in [5.41, 5.74) is 4.79. The molecule has 0 spiro atoms. The van der Waals surface area contributed by atoms with Crippen LogP contribution in [0.2, 0.25) is 0 Å². The molecular weight excluding hydrogens is 414 g/mol. The molecule has 0 fully saturated rings. The third-order valence-corrected chi connectivity index (χ3v) is 6.63. The van der Waals surface area contributed by atoms with Crippen LogP contribution >= 0.6 is 0 Å². The Kier molecular flexibility index (Phi) is 6.68. The topological polar surface area (TPSA) is 64.6 Å². The van der Waals surface area contributed by atoms with Crippen LogP contribution in [0, 0.1) is 0 Å². The zero-order valence-electron chi connectivity index (χ0n) is 19.7. The zero-order chi connectivity index (χ0) is 23.5. The van der Waals surface area contributed by atoms with Crippen LogP contribution in [0.5, 0.6) is 5.75 Å². The van der Waals surface area contributed by atoms with Gasteiger partial charge in [-0.15, -0.1) is 0 Å². The van der Waals surface area contributed by atoms with Crippen molar-refractivity contribution in [2.75, 3.05) is 7.11 Å². The average Bonchev–Trinajstić information content (AvgIpc) is 2.83. The molecular formula is C28H31NO4. The molecule has 2 aromatic rings. The second-order valence-electron chi connectivity index (χ2n) is 8.83. The number of rotatable bonds is 6. The first-order valence-corrected chi connectivity index (χ1v) is 11.6. The highest BCUT2D eigenvalue weighted by Gasteiger charge is 2.41. The van der Waals surface area contributed by atoms with Crippen molar-refractivity contribution in [2.45, 2.75) is 58.0 Å². The molecule has 1 aliphatic heterocycles. The fourth-order valence-corrected chi connectivity index (χ4v) is 4.75. The predicted octanol–water partition coefficient (Wildman–Crippen LogP) is 5.40. The van der Waals surface area contributed by atoms with Crippen molar-refractivity contribution in [2.24, 2.45) is 0 Å². The van der Waals surface area contributed by atoms with E-state index in [-0.39, 0.29) is 23.8 Å². The standard InChI is InChI=1S/C28H31NO4/c1-5-17(2)33-28(31)25-18(3)29-23-15-21(19-10-7-6-8-11-19)16-24(30)27(23)26(25)20-12-9-13-22(14-20)32-4/h6-14,17,21,26,29H,5,15-16H2,1-4H3. The molecule has 0 saturated heterocycles. The molecule has 5 heteroatoms. The highest BCUT2D eigenvalue weighted by molar-refractivity contribution is 6.04. The van der Waals surface area contributed by atoms with Crippen molar-refractivity contribution in [3.63, 3.8) is 0 Å². The van der Waals surface area contributed by atoms with Crippen LogP contribution in [0.4, 0.5) is 0 Å². The SMILES string of the molecule is CCC(C)OC(=O)C1=C(C)NC2=C(C(=O)CC(c3ccccc3)C2)C1c1cccc(OC)c1. The molecule has 0 saturated carbocycles. The minimum atomic E-state index is -0.489. The number of carbonyl (C=O) groups is 2. The first-order valence-electron chi connectivity index (χ1n) is 11.6. The van der Waals surface area contributed by atoms with Crippen molar-refractivity contribution in [3.8, 4) is 5.75 Å². The Bertz CT molecular complexity index is 1120. The maximum absolute atomic E-state index is 13.6. The van der Waals surface area contributed by atoms with E-state index in [4.69, 9.17) is 9.47 Å². The molecule has 0 aromatic heterocycles. The van der Waals surface area contributed by atoms with Crippen molar-refractivity contribution in [1.29, 1.82) is 0 Å². The largest absolute Gasteiger partial charge is 0.497 e. The quantitative estimate of drug-likeness (QED) is 0.603. The van der Waals surface area contributed by atoms with E-state index in [1.54, 1.807) is 7.11 Å². The van der Waals surface area contributed by atoms with Gasteiger partial charge in [-0.3, -0.25) is 4.79 Å². The van der Waals surface area contributed by atoms with E-state index in [0.29, 0.717) is 23.3 Å². The number of ether oxygens (including phenoxy) is 2. The summed E-state index contributed by atoms with van der Waals surface area (Å²) in [6, 6.07) is 17.7. The van der Waals surface area contributed by atoms with Gasteiger partial charge in [-0.25, -0.2) is 4.79 Å². The molecule has 1 aliphatic carbocycles. The number of esters is 1. The number of methoxy groups -OCH3 is 1. The van der Waals surface area contributed by atoms with Crippen molar-refractivity contribution >= 4 is 11.8 Å². The summed E-state index contributed by atoms with van der Waals surface area (Å²) in [4.78, 5) is 26.9. The summed E-state index contributed by atoms with van der Waals surface area (Å²) in [6.07, 6.45) is 1.65. The smallest absolute Gasteiger partial charge is 0.337 e. The van der Waals surface area contributed by atoms with Gasteiger partial charge >= 0.3 is 5.97 Å². The summed E-state index contributed by atoms with van der Waals surface area (Å²) >= 11 is 0. The summed E-state index contributed by atoms with van der Waals surface area (Å²) in [5.74, 6) is -0.0150. The van der Waals surface area contributed by atoms with Crippen LogP contribution < -0.4 is 10.1 Å². The van der Waals surface area contributed by atoms with E-state index in [1.165, 1.54) is 0 Å². The van der Waals surface area contributed by atoms with Gasteiger partial charge in [0.15, 0.2) is 5.78 Å². The van der Waals surface area contributed by atoms with Gasteiger partial charge in [0.05, 0.1) is 18.8 Å². The van der Waals surface area contributed by atoms with Crippen LogP contribution in [0.3, 0.4) is 0 Å². The zero-order valence-corrected chi connectivity index (χ0v) is 19.7. The van der Waals surface area contributed by atoms with Crippen LogP contribution in [0.25, 0.3) is 0 Å². The third kappa shape index (κ3) is 4.58. The van der Waals surface area contributed by atoms with Gasteiger partial charge in [0.25, 0.3) is 0 Å². The Morgan fingerprint density at radius 2 is 1.82 bits per heavy atom. The Labute approximate surface area is 195 Å². The molecule has 0 radical (unpaired) electrons. The normalized spacial score (nSPS) is 21.3. The maximum Gasteiger partial charge on any atom is 0.337 e. The van der Waals surface area contributed by atoms with E-state index < -0.39 is 5.92 Å². The Morgan fingerprint density at radius 3 is 2.52 bits per heavy atom. The fourth-order valence-electron chi connectivity index (χ4n) is 4.75. The number of Topliss-reactive ketones (excluding diaryl/α,β-unsaturated/α-hetero) is 1. The van der Waals surface area contributed by atoms with E-state index in [0.717, 1.165) is 35.4 Å². The fraction of sp³-hybridized carbons (Fsp3) is 0.357. The molecule has 1 N–H and O–H groups in total. The monoisotopic (exact) mass is 445 g/mol. The van der Waals surface area contributed by atoms with Crippen molar-refractivity contribution < 1.29 is 19.1 Å². The van der Waals surface area contributed by atoms with Gasteiger partial charge in [0, 0.05) is 29.3 Å². The molecule has 1 heterocycles. The van der Waals surface area contributed by atoms with Gasteiger partial charge in [0.1, 0.15) is 5.75 Å². The molecule has 2 aliphatic rings. The number of allylic oxidation sites excluding steroid dienone is 3. The Morgan fingerprint density at radius 1 is 1.09 bits per heavy atom. The van der Waals surface area contributed by atoms with E-state index in [2.05, 4.69) is 17.4 Å². The number of dihydropyridines is 1. The number of hydrogen-bond acceptors (Lipinski definition) is 5. The minimum absolute atomic E-state index is 0.0618. The Hall–Kier alpha value is -3.34. The van der Waals surface area contributed by atoms with Crippen molar-refractivity contribution in [1.82, 2.24) is 5.32 Å². The molecule has 3 atom stereocenters. The minimum Gasteiger partial charge on any atom is -0.497 e.